The molecular weight excluding hydrogens is 579 g/mol. The molecule has 2 fully saturated rings. The number of amides is 1. The molecule has 12 nitrogen and oxygen atoms in total. The largest absolute Gasteiger partial charge is 0.473 e. The molecule has 0 bridgehead atoms. The van der Waals surface area contributed by atoms with Gasteiger partial charge in [0, 0.05) is 13.1 Å². The van der Waals surface area contributed by atoms with Crippen molar-refractivity contribution in [2.24, 2.45) is 0 Å². The lowest BCUT2D eigenvalue weighted by atomic mass is 9.93. The SMILES string of the molecule is N#Cc1cc(S(=O)(=O)NC(=O)c2ccccc2Oc2cccc3[nH]ncc23)cnc1OCC1(F)CCN(C2COC2)CC1. The smallest absolute Gasteiger partial charge is 0.268 e. The van der Waals surface area contributed by atoms with Gasteiger partial charge in [-0.3, -0.25) is 14.8 Å². The summed E-state index contributed by atoms with van der Waals surface area (Å²) in [6.45, 7) is 2.12. The molecule has 0 aliphatic carbocycles. The second kappa shape index (κ2) is 11.6. The van der Waals surface area contributed by atoms with Crippen molar-refractivity contribution < 1.29 is 31.8 Å². The molecule has 2 aliphatic rings. The van der Waals surface area contributed by atoms with Gasteiger partial charge in [0.05, 0.1) is 48.1 Å². The fourth-order valence-corrected chi connectivity index (χ4v) is 5.91. The maximum atomic E-state index is 15.4. The summed E-state index contributed by atoms with van der Waals surface area (Å²) in [6.07, 6.45) is 3.05. The lowest BCUT2D eigenvalue weighted by molar-refractivity contribution is -0.0892. The van der Waals surface area contributed by atoms with Gasteiger partial charge in [0.2, 0.25) is 5.88 Å². The molecule has 2 aliphatic heterocycles. The average molecular weight is 607 g/mol. The number of H-pyrrole nitrogens is 1. The van der Waals surface area contributed by atoms with Gasteiger partial charge in [-0.2, -0.15) is 10.4 Å². The van der Waals surface area contributed by atoms with Crippen LogP contribution in [-0.2, 0) is 14.8 Å². The number of nitrogens with one attached hydrogen (secondary N) is 2. The number of carbonyl (C=O) groups excluding carboxylic acids is 1. The number of benzene rings is 2. The average Bonchev–Trinajstić information content (AvgIpc) is 3.47. The summed E-state index contributed by atoms with van der Waals surface area (Å²) in [5, 5.41) is 17.1. The first-order valence-corrected chi connectivity index (χ1v) is 15.0. The molecule has 4 heterocycles. The topological polar surface area (TPSA) is 160 Å². The maximum absolute atomic E-state index is 15.4. The van der Waals surface area contributed by atoms with Crippen molar-refractivity contribution in [3.05, 3.63) is 72.1 Å². The van der Waals surface area contributed by atoms with Crippen LogP contribution in [0, 0.1) is 11.3 Å². The van der Waals surface area contributed by atoms with Crippen molar-refractivity contribution in [2.75, 3.05) is 32.9 Å². The molecule has 2 aromatic heterocycles. The van der Waals surface area contributed by atoms with E-state index in [2.05, 4.69) is 20.1 Å². The van der Waals surface area contributed by atoms with E-state index in [0.717, 1.165) is 17.8 Å². The van der Waals surface area contributed by atoms with E-state index < -0.39 is 26.5 Å². The Bertz CT molecular complexity index is 1810. The number of aromatic nitrogens is 3. The zero-order chi connectivity index (χ0) is 30.0. The number of nitriles is 1. The fourth-order valence-electron chi connectivity index (χ4n) is 4.97. The number of alkyl halides is 1. The molecule has 0 unspecified atom stereocenters. The second-order valence-corrected chi connectivity index (χ2v) is 12.1. The molecule has 2 saturated heterocycles. The van der Waals surface area contributed by atoms with Crippen LogP contribution < -0.4 is 14.2 Å². The van der Waals surface area contributed by atoms with E-state index in [-0.39, 0.29) is 42.2 Å². The predicted molar refractivity (Wildman–Crippen MR) is 151 cm³/mol. The summed E-state index contributed by atoms with van der Waals surface area (Å²) in [5.41, 5.74) is -1.13. The Kier molecular flexibility index (Phi) is 7.70. The number of hydrogen-bond donors (Lipinski definition) is 2. The summed E-state index contributed by atoms with van der Waals surface area (Å²) < 4.78 is 60.4. The quantitative estimate of drug-likeness (QED) is 0.289. The third-order valence-electron chi connectivity index (χ3n) is 7.58. The summed E-state index contributed by atoms with van der Waals surface area (Å²) in [6, 6.07) is 14.6. The third-order valence-corrected chi connectivity index (χ3v) is 8.88. The summed E-state index contributed by atoms with van der Waals surface area (Å²) in [5.74, 6) is -0.600. The van der Waals surface area contributed by atoms with Crippen LogP contribution >= 0.6 is 0 Å². The van der Waals surface area contributed by atoms with Crippen molar-refractivity contribution in [1.29, 1.82) is 5.26 Å². The normalized spacial score (nSPS) is 17.1. The van der Waals surface area contributed by atoms with E-state index in [1.54, 1.807) is 30.5 Å². The number of hydrogen-bond acceptors (Lipinski definition) is 10. The highest BCUT2D eigenvalue weighted by Crippen LogP contribution is 2.32. The van der Waals surface area contributed by atoms with Crippen molar-refractivity contribution in [3.8, 4) is 23.4 Å². The molecule has 2 N–H and O–H groups in total. The van der Waals surface area contributed by atoms with Crippen LogP contribution in [0.25, 0.3) is 10.9 Å². The van der Waals surface area contributed by atoms with Crippen LogP contribution in [0.3, 0.4) is 0 Å². The zero-order valence-electron chi connectivity index (χ0n) is 22.8. The number of carbonyl (C=O) groups is 1. The van der Waals surface area contributed by atoms with Gasteiger partial charge in [0.15, 0.2) is 0 Å². The molecular formula is C29H27FN6O6S. The zero-order valence-corrected chi connectivity index (χ0v) is 23.6. The van der Waals surface area contributed by atoms with Crippen LogP contribution in [0.15, 0.2) is 65.8 Å². The van der Waals surface area contributed by atoms with Crippen molar-refractivity contribution in [3.63, 3.8) is 0 Å². The highest BCUT2D eigenvalue weighted by molar-refractivity contribution is 7.90. The predicted octanol–water partition coefficient (Wildman–Crippen LogP) is 3.32. The number of fused-ring (bicyclic) bond motifs is 1. The van der Waals surface area contributed by atoms with Gasteiger partial charge in [0.1, 0.15) is 40.3 Å². The maximum Gasteiger partial charge on any atom is 0.268 e. The first-order chi connectivity index (χ1) is 20.7. The number of para-hydroxylation sites is 1. The van der Waals surface area contributed by atoms with Crippen LogP contribution in [0.5, 0.6) is 17.4 Å². The van der Waals surface area contributed by atoms with Gasteiger partial charge in [-0.1, -0.05) is 18.2 Å². The van der Waals surface area contributed by atoms with E-state index >= 15 is 4.39 Å². The fraction of sp³-hybridized carbons (Fsp3) is 0.310. The minimum Gasteiger partial charge on any atom is -0.473 e. The lowest BCUT2D eigenvalue weighted by Crippen LogP contribution is -2.55. The first-order valence-electron chi connectivity index (χ1n) is 13.5. The monoisotopic (exact) mass is 606 g/mol. The highest BCUT2D eigenvalue weighted by atomic mass is 32.2. The number of pyridine rings is 1. The number of sulfonamides is 1. The lowest BCUT2D eigenvalue weighted by Gasteiger charge is -2.43. The molecule has 0 radical (unpaired) electrons. The highest BCUT2D eigenvalue weighted by Gasteiger charge is 2.39. The Hall–Kier alpha value is -4.58. The molecule has 2 aromatic carbocycles. The summed E-state index contributed by atoms with van der Waals surface area (Å²) >= 11 is 0. The third kappa shape index (κ3) is 6.00. The first kappa shape index (κ1) is 28.5. The van der Waals surface area contributed by atoms with E-state index in [9.17, 15) is 18.5 Å². The molecule has 222 valence electrons. The Morgan fingerprint density at radius 2 is 1.93 bits per heavy atom. The molecule has 0 atom stereocenters. The van der Waals surface area contributed by atoms with E-state index in [1.807, 2.05) is 16.9 Å². The molecule has 0 saturated carbocycles. The molecule has 14 heteroatoms. The van der Waals surface area contributed by atoms with Gasteiger partial charge in [-0.25, -0.2) is 22.5 Å². The van der Waals surface area contributed by atoms with E-state index in [0.29, 0.717) is 43.5 Å². The second-order valence-electron chi connectivity index (χ2n) is 10.4. The van der Waals surface area contributed by atoms with Crippen LogP contribution in [0.1, 0.15) is 28.8 Å². The molecule has 6 rings (SSSR count). The van der Waals surface area contributed by atoms with Crippen molar-refractivity contribution in [1.82, 2.24) is 24.8 Å². The number of nitrogens with zero attached hydrogens (tertiary/aromatic N) is 4. The van der Waals surface area contributed by atoms with Crippen LogP contribution in [-0.4, -0.2) is 79.0 Å². The van der Waals surface area contributed by atoms with Crippen molar-refractivity contribution >= 4 is 26.8 Å². The number of aromatic amines is 1. The Morgan fingerprint density at radius 1 is 1.16 bits per heavy atom. The van der Waals surface area contributed by atoms with Crippen LogP contribution in [0.4, 0.5) is 4.39 Å². The molecule has 0 spiro atoms. The van der Waals surface area contributed by atoms with Gasteiger partial charge < -0.3 is 14.2 Å². The number of halogens is 1. The minimum absolute atomic E-state index is 0.0379. The number of piperidine rings is 1. The van der Waals surface area contributed by atoms with Gasteiger partial charge in [0.25, 0.3) is 15.9 Å². The number of likely N-dealkylation sites (tertiary alicyclic amines) is 1. The number of rotatable bonds is 9. The van der Waals surface area contributed by atoms with Gasteiger partial charge in [-0.05, 0) is 43.2 Å². The molecule has 43 heavy (non-hydrogen) atoms. The minimum atomic E-state index is -4.46. The Morgan fingerprint density at radius 3 is 2.67 bits per heavy atom. The van der Waals surface area contributed by atoms with Gasteiger partial charge in [-0.15, -0.1) is 0 Å². The van der Waals surface area contributed by atoms with E-state index in [1.165, 1.54) is 12.1 Å². The molecule has 4 aromatic rings. The summed E-state index contributed by atoms with van der Waals surface area (Å²) in [4.78, 5) is 18.9. The molecule has 1 amide bonds. The summed E-state index contributed by atoms with van der Waals surface area (Å²) in [7, 11) is -4.46. The van der Waals surface area contributed by atoms with Crippen LogP contribution in [0.2, 0.25) is 0 Å². The van der Waals surface area contributed by atoms with Crippen molar-refractivity contribution in [2.45, 2.75) is 29.4 Å². The Balaban J connectivity index is 1.13. The Labute approximate surface area is 246 Å². The van der Waals surface area contributed by atoms with Gasteiger partial charge >= 0.3 is 0 Å². The standard InChI is InChI=1S/C29H27FN6O6S/c30-29(8-10-36(11-9-29)20-16-40-17-20)18-41-28-19(13-31)12-21(14-32-28)43(38,39)35-27(37)22-4-1-2-6-25(22)42-26-7-3-5-24-23(26)15-33-34-24/h1-7,12,14-15,20H,8-11,16-18H2,(H,33,34)(H,35,37). The number of ether oxygens (including phenoxy) is 3. The van der Waals surface area contributed by atoms with E-state index in [4.69, 9.17) is 14.2 Å².